The molecule has 0 bridgehead atoms. The molecule has 3 fully saturated rings. The van der Waals surface area contributed by atoms with Gasteiger partial charge < -0.3 is 10.2 Å². The van der Waals surface area contributed by atoms with Crippen LogP contribution in [0.3, 0.4) is 0 Å². The van der Waals surface area contributed by atoms with E-state index in [9.17, 15) is 18.4 Å². The highest BCUT2D eigenvalue weighted by Crippen LogP contribution is 2.37. The van der Waals surface area contributed by atoms with Gasteiger partial charge in [-0.1, -0.05) is 19.3 Å². The van der Waals surface area contributed by atoms with Crippen molar-refractivity contribution in [1.29, 1.82) is 0 Å². The van der Waals surface area contributed by atoms with Gasteiger partial charge in [-0.25, -0.2) is 8.78 Å². The molecular weight excluding hydrogens is 278 g/mol. The average molecular weight is 300 g/mol. The van der Waals surface area contributed by atoms with Gasteiger partial charge in [0.2, 0.25) is 11.8 Å². The minimum atomic E-state index is -2.59. The fourth-order valence-electron chi connectivity index (χ4n) is 3.78. The van der Waals surface area contributed by atoms with Crippen LogP contribution in [0.2, 0.25) is 0 Å². The maximum atomic E-state index is 12.9. The first kappa shape index (κ1) is 14.7. The Labute approximate surface area is 123 Å². The van der Waals surface area contributed by atoms with Crippen molar-refractivity contribution in [3.8, 4) is 0 Å². The maximum absolute atomic E-state index is 12.9. The van der Waals surface area contributed by atoms with Crippen LogP contribution in [0.5, 0.6) is 0 Å². The smallest absolute Gasteiger partial charge is 0.255 e. The van der Waals surface area contributed by atoms with Crippen LogP contribution < -0.4 is 5.32 Å². The molecule has 0 aromatic carbocycles. The molecule has 4 nitrogen and oxygen atoms in total. The molecule has 21 heavy (non-hydrogen) atoms. The number of hydrogen-bond acceptors (Lipinski definition) is 2. The summed E-state index contributed by atoms with van der Waals surface area (Å²) in [5.74, 6) is -0.345. The first-order valence-corrected chi connectivity index (χ1v) is 7.97. The summed E-state index contributed by atoms with van der Waals surface area (Å²) >= 11 is 0. The molecular formula is C15H22F2N2O2. The van der Waals surface area contributed by atoms with Crippen molar-refractivity contribution < 1.29 is 18.4 Å². The zero-order valence-electron chi connectivity index (χ0n) is 12.1. The lowest BCUT2D eigenvalue weighted by Gasteiger charge is -2.43. The Balaban J connectivity index is 1.80. The van der Waals surface area contributed by atoms with E-state index < -0.39 is 25.1 Å². The van der Waals surface area contributed by atoms with Crippen molar-refractivity contribution in [2.24, 2.45) is 11.8 Å². The molecule has 2 saturated carbocycles. The number of piperazine rings is 1. The van der Waals surface area contributed by atoms with Crippen LogP contribution in [0.15, 0.2) is 0 Å². The monoisotopic (exact) mass is 300 g/mol. The zero-order chi connectivity index (χ0) is 15.0. The van der Waals surface area contributed by atoms with Crippen LogP contribution in [0.25, 0.3) is 0 Å². The predicted octanol–water partition coefficient (Wildman–Crippen LogP) is 1.94. The molecule has 6 heteroatoms. The van der Waals surface area contributed by atoms with E-state index in [4.69, 9.17) is 0 Å². The Morgan fingerprint density at radius 1 is 1.05 bits per heavy atom. The lowest BCUT2D eigenvalue weighted by molar-refractivity contribution is -0.155. The fraction of sp³-hybridized carbons (Fsp3) is 0.867. The molecule has 118 valence electrons. The average Bonchev–Trinajstić information content (AvgIpc) is 3.27. The van der Waals surface area contributed by atoms with Gasteiger partial charge >= 0.3 is 0 Å². The Kier molecular flexibility index (Phi) is 4.13. The van der Waals surface area contributed by atoms with Gasteiger partial charge in [-0.05, 0) is 37.5 Å². The molecule has 0 radical (unpaired) electrons. The van der Waals surface area contributed by atoms with Gasteiger partial charge in [0.05, 0.1) is 6.54 Å². The Morgan fingerprint density at radius 3 is 2.29 bits per heavy atom. The number of alkyl halides is 2. The van der Waals surface area contributed by atoms with Gasteiger partial charge in [-0.2, -0.15) is 0 Å². The lowest BCUT2D eigenvalue weighted by atomic mass is 9.81. The molecule has 1 heterocycles. The molecule has 2 amide bonds. The molecule has 1 aliphatic heterocycles. The number of amides is 2. The van der Waals surface area contributed by atoms with Crippen molar-refractivity contribution in [3.63, 3.8) is 0 Å². The second-order valence-corrected chi connectivity index (χ2v) is 6.55. The highest BCUT2D eigenvalue weighted by Gasteiger charge is 2.49. The molecule has 1 N–H and O–H groups in total. The summed E-state index contributed by atoms with van der Waals surface area (Å²) in [6.45, 7) is -0.614. The molecule has 3 rings (SSSR count). The molecule has 2 unspecified atom stereocenters. The van der Waals surface area contributed by atoms with Gasteiger partial charge in [0.1, 0.15) is 12.1 Å². The standard InChI is InChI=1S/C15H22F2N2O2/c16-11(17)8-19-13(10-4-2-1-3-5-10)14(20)18-12(15(19)21)9-6-7-9/h9-13H,1-8H2,(H,18,20). The number of nitrogens with zero attached hydrogens (tertiary/aromatic N) is 1. The quantitative estimate of drug-likeness (QED) is 0.862. The van der Waals surface area contributed by atoms with Crippen molar-refractivity contribution in [3.05, 3.63) is 0 Å². The van der Waals surface area contributed by atoms with Crippen LogP contribution in [-0.4, -0.2) is 41.8 Å². The number of nitrogens with one attached hydrogen (secondary N) is 1. The van der Waals surface area contributed by atoms with Crippen LogP contribution in [-0.2, 0) is 9.59 Å². The van der Waals surface area contributed by atoms with Gasteiger partial charge in [-0.15, -0.1) is 0 Å². The van der Waals surface area contributed by atoms with E-state index in [1.807, 2.05) is 0 Å². The summed E-state index contributed by atoms with van der Waals surface area (Å²) in [7, 11) is 0. The van der Waals surface area contributed by atoms with Crippen LogP contribution in [0.4, 0.5) is 8.78 Å². The maximum Gasteiger partial charge on any atom is 0.255 e. The summed E-state index contributed by atoms with van der Waals surface area (Å²) < 4.78 is 25.8. The molecule has 1 saturated heterocycles. The van der Waals surface area contributed by atoms with E-state index >= 15 is 0 Å². The summed E-state index contributed by atoms with van der Waals surface area (Å²) in [5.41, 5.74) is 0. The second-order valence-electron chi connectivity index (χ2n) is 6.55. The van der Waals surface area contributed by atoms with E-state index in [2.05, 4.69) is 5.32 Å². The number of halogens is 2. The number of hydrogen-bond donors (Lipinski definition) is 1. The third kappa shape index (κ3) is 3.04. The molecule has 0 spiro atoms. The Morgan fingerprint density at radius 2 is 1.71 bits per heavy atom. The highest BCUT2D eigenvalue weighted by molar-refractivity contribution is 5.97. The molecule has 2 atom stereocenters. The molecule has 0 aromatic heterocycles. The van der Waals surface area contributed by atoms with Crippen molar-refractivity contribution in [1.82, 2.24) is 10.2 Å². The predicted molar refractivity (Wildman–Crippen MR) is 72.7 cm³/mol. The van der Waals surface area contributed by atoms with Gasteiger partial charge in [-0.3, -0.25) is 9.59 Å². The van der Waals surface area contributed by atoms with Gasteiger partial charge in [0.25, 0.3) is 6.43 Å². The number of carbonyl (C=O) groups excluding carboxylic acids is 2. The van der Waals surface area contributed by atoms with Crippen LogP contribution in [0, 0.1) is 11.8 Å². The van der Waals surface area contributed by atoms with E-state index in [0.29, 0.717) is 0 Å². The van der Waals surface area contributed by atoms with Gasteiger partial charge in [0, 0.05) is 0 Å². The van der Waals surface area contributed by atoms with Crippen molar-refractivity contribution in [2.75, 3.05) is 6.54 Å². The normalized spacial score (nSPS) is 31.7. The number of rotatable bonds is 4. The SMILES string of the molecule is O=C1NC(C2CC2)C(=O)N(CC(F)F)C1C1CCCCC1. The van der Waals surface area contributed by atoms with Crippen molar-refractivity contribution in [2.45, 2.75) is 63.5 Å². The Bertz CT molecular complexity index is 420. The molecule has 0 aromatic rings. The van der Waals surface area contributed by atoms with E-state index in [1.165, 1.54) is 4.90 Å². The van der Waals surface area contributed by atoms with Gasteiger partial charge in [0.15, 0.2) is 0 Å². The van der Waals surface area contributed by atoms with E-state index in [1.54, 1.807) is 0 Å². The topological polar surface area (TPSA) is 49.4 Å². The van der Waals surface area contributed by atoms with Crippen LogP contribution >= 0.6 is 0 Å². The first-order valence-electron chi connectivity index (χ1n) is 7.97. The summed E-state index contributed by atoms with van der Waals surface area (Å²) in [6.07, 6.45) is 4.04. The number of carbonyl (C=O) groups is 2. The summed E-state index contributed by atoms with van der Waals surface area (Å²) in [4.78, 5) is 26.1. The largest absolute Gasteiger partial charge is 0.342 e. The van der Waals surface area contributed by atoms with E-state index in [0.717, 1.165) is 44.9 Å². The third-order valence-electron chi connectivity index (χ3n) is 4.98. The second kappa shape index (κ2) is 5.89. The summed E-state index contributed by atoms with van der Waals surface area (Å²) in [6, 6.07) is -1.27. The Hall–Kier alpha value is -1.20. The first-order chi connectivity index (χ1) is 10.1. The lowest BCUT2D eigenvalue weighted by Crippen LogP contribution is -2.66. The molecule has 3 aliphatic rings. The fourth-order valence-corrected chi connectivity index (χ4v) is 3.78. The van der Waals surface area contributed by atoms with E-state index in [-0.39, 0.29) is 23.7 Å². The molecule has 2 aliphatic carbocycles. The minimum Gasteiger partial charge on any atom is -0.342 e. The highest BCUT2D eigenvalue weighted by atomic mass is 19.3. The summed E-state index contributed by atoms with van der Waals surface area (Å²) in [5, 5.41) is 2.80. The zero-order valence-corrected chi connectivity index (χ0v) is 12.1. The third-order valence-corrected chi connectivity index (χ3v) is 4.98. The van der Waals surface area contributed by atoms with Crippen LogP contribution in [0.1, 0.15) is 44.9 Å². The van der Waals surface area contributed by atoms with Crippen molar-refractivity contribution >= 4 is 11.8 Å². The minimum absolute atomic E-state index is 0.0293.